The zero-order chi connectivity index (χ0) is 14.5. The Hall–Kier alpha value is -2.21. The standard InChI is InChI=1S/C6H6O11S/c7-3(16-5(9)10)1-2(18(13,14)15)4(8)17-6(11)12/h2H,1H2,(H,9,10)(H,11,12)(H,13,14,15). The third kappa shape index (κ3) is 5.76. The lowest BCUT2D eigenvalue weighted by Crippen LogP contribution is -2.35. The van der Waals surface area contributed by atoms with E-state index >= 15 is 0 Å². The Morgan fingerprint density at radius 3 is 1.78 bits per heavy atom. The van der Waals surface area contributed by atoms with E-state index in [1.165, 1.54) is 0 Å². The molecule has 0 aromatic heterocycles. The average Bonchev–Trinajstić information content (AvgIpc) is 2.09. The van der Waals surface area contributed by atoms with Gasteiger partial charge in [0.05, 0.1) is 6.42 Å². The summed E-state index contributed by atoms with van der Waals surface area (Å²) in [6.45, 7) is 0. The summed E-state index contributed by atoms with van der Waals surface area (Å²) >= 11 is 0. The molecule has 18 heavy (non-hydrogen) atoms. The molecule has 0 saturated heterocycles. The average molecular weight is 286 g/mol. The van der Waals surface area contributed by atoms with Crippen LogP contribution in [0.15, 0.2) is 0 Å². The SMILES string of the molecule is O=C(O)OC(=O)CC(C(=O)OC(=O)O)S(=O)(=O)O. The van der Waals surface area contributed by atoms with E-state index in [0.717, 1.165) is 0 Å². The summed E-state index contributed by atoms with van der Waals surface area (Å²) in [5.41, 5.74) is 0. The van der Waals surface area contributed by atoms with Crippen LogP contribution in [0.25, 0.3) is 0 Å². The van der Waals surface area contributed by atoms with E-state index in [4.69, 9.17) is 14.8 Å². The van der Waals surface area contributed by atoms with E-state index in [2.05, 4.69) is 9.47 Å². The first-order valence-electron chi connectivity index (χ1n) is 3.88. The van der Waals surface area contributed by atoms with Crippen LogP contribution in [-0.4, -0.2) is 52.7 Å². The molecule has 3 N–H and O–H groups in total. The maximum Gasteiger partial charge on any atom is 0.513 e. The number of carbonyl (C=O) groups excluding carboxylic acids is 2. The van der Waals surface area contributed by atoms with Crippen LogP contribution in [0.5, 0.6) is 0 Å². The van der Waals surface area contributed by atoms with Gasteiger partial charge in [-0.15, -0.1) is 0 Å². The predicted molar refractivity (Wildman–Crippen MR) is 48.2 cm³/mol. The number of carbonyl (C=O) groups is 4. The first-order valence-corrected chi connectivity index (χ1v) is 5.39. The molecule has 1 atom stereocenters. The minimum atomic E-state index is -5.17. The van der Waals surface area contributed by atoms with Gasteiger partial charge in [0.2, 0.25) is 0 Å². The lowest BCUT2D eigenvalue weighted by atomic mass is 10.3. The lowest BCUT2D eigenvalue weighted by Gasteiger charge is -2.09. The van der Waals surface area contributed by atoms with Gasteiger partial charge in [-0.05, 0) is 0 Å². The topological polar surface area (TPSA) is 182 Å². The van der Waals surface area contributed by atoms with Gasteiger partial charge < -0.3 is 19.7 Å². The molecule has 0 saturated carbocycles. The van der Waals surface area contributed by atoms with Gasteiger partial charge in [0.25, 0.3) is 10.1 Å². The molecule has 0 aromatic carbocycles. The molecule has 0 heterocycles. The Bertz CT molecular complexity index is 474. The first-order chi connectivity index (χ1) is 8.04. The van der Waals surface area contributed by atoms with Crippen LogP contribution >= 0.6 is 0 Å². The Morgan fingerprint density at radius 1 is 1.00 bits per heavy atom. The van der Waals surface area contributed by atoms with Gasteiger partial charge >= 0.3 is 24.2 Å². The van der Waals surface area contributed by atoms with Crippen LogP contribution in [0.1, 0.15) is 6.42 Å². The highest BCUT2D eigenvalue weighted by atomic mass is 32.2. The molecule has 0 amide bonds. The van der Waals surface area contributed by atoms with E-state index in [-0.39, 0.29) is 0 Å². The molecule has 0 fully saturated rings. The molecule has 0 radical (unpaired) electrons. The highest BCUT2D eigenvalue weighted by Gasteiger charge is 2.37. The maximum absolute atomic E-state index is 10.9. The predicted octanol–water partition coefficient (Wildman–Crippen LogP) is -0.925. The molecule has 11 nitrogen and oxygen atoms in total. The molecule has 0 aliphatic carbocycles. The van der Waals surface area contributed by atoms with Crippen molar-refractivity contribution in [3.8, 4) is 0 Å². The lowest BCUT2D eigenvalue weighted by molar-refractivity contribution is -0.145. The van der Waals surface area contributed by atoms with Crippen molar-refractivity contribution < 1.29 is 51.8 Å². The Kier molecular flexibility index (Phi) is 5.20. The number of hydrogen-bond acceptors (Lipinski definition) is 8. The van der Waals surface area contributed by atoms with E-state index in [0.29, 0.717) is 0 Å². The van der Waals surface area contributed by atoms with Gasteiger partial charge in [-0.3, -0.25) is 9.35 Å². The molecular weight excluding hydrogens is 280 g/mol. The highest BCUT2D eigenvalue weighted by molar-refractivity contribution is 7.87. The fourth-order valence-electron chi connectivity index (χ4n) is 0.752. The summed E-state index contributed by atoms with van der Waals surface area (Å²) in [5, 5.41) is 13.5. The number of ether oxygens (including phenoxy) is 2. The molecule has 12 heteroatoms. The van der Waals surface area contributed by atoms with Gasteiger partial charge in [-0.2, -0.15) is 8.42 Å². The largest absolute Gasteiger partial charge is 0.513 e. The Labute approximate surface area is 98.7 Å². The quantitative estimate of drug-likeness (QED) is 0.330. The molecule has 0 aliphatic rings. The Balaban J connectivity index is 4.93. The van der Waals surface area contributed by atoms with Gasteiger partial charge in [-0.25, -0.2) is 14.4 Å². The molecular formula is C6H6O11S. The number of rotatable bonds is 4. The van der Waals surface area contributed by atoms with Crippen LogP contribution in [0, 0.1) is 0 Å². The van der Waals surface area contributed by atoms with Crippen molar-refractivity contribution in [1.82, 2.24) is 0 Å². The van der Waals surface area contributed by atoms with Crippen LogP contribution in [-0.2, 0) is 29.2 Å². The summed E-state index contributed by atoms with van der Waals surface area (Å²) in [4.78, 5) is 41.6. The maximum atomic E-state index is 10.9. The zero-order valence-corrected chi connectivity index (χ0v) is 9.12. The van der Waals surface area contributed by atoms with Crippen LogP contribution in [0.2, 0.25) is 0 Å². The highest BCUT2D eigenvalue weighted by Crippen LogP contribution is 2.08. The van der Waals surface area contributed by atoms with Crippen LogP contribution < -0.4 is 0 Å². The summed E-state index contributed by atoms with van der Waals surface area (Å²) < 4.78 is 36.8. The van der Waals surface area contributed by atoms with Crippen LogP contribution in [0.3, 0.4) is 0 Å². The second-order valence-electron chi connectivity index (χ2n) is 2.63. The fraction of sp³-hybridized carbons (Fsp3) is 0.333. The van der Waals surface area contributed by atoms with Crippen molar-refractivity contribution in [2.45, 2.75) is 11.7 Å². The van der Waals surface area contributed by atoms with Crippen molar-refractivity contribution in [2.75, 3.05) is 0 Å². The third-order valence-electron chi connectivity index (χ3n) is 1.36. The van der Waals surface area contributed by atoms with Crippen molar-refractivity contribution >= 4 is 34.4 Å². The molecule has 0 rings (SSSR count). The van der Waals surface area contributed by atoms with Crippen molar-refractivity contribution in [3.63, 3.8) is 0 Å². The van der Waals surface area contributed by atoms with E-state index in [1.54, 1.807) is 0 Å². The van der Waals surface area contributed by atoms with Gasteiger partial charge in [-0.1, -0.05) is 0 Å². The van der Waals surface area contributed by atoms with Crippen LogP contribution in [0.4, 0.5) is 9.59 Å². The smallest absolute Gasteiger partial charge is 0.449 e. The molecule has 0 spiro atoms. The first kappa shape index (κ1) is 15.8. The van der Waals surface area contributed by atoms with E-state index in [1.807, 2.05) is 0 Å². The minimum absolute atomic E-state index is 1.42. The Morgan fingerprint density at radius 2 is 1.44 bits per heavy atom. The van der Waals surface area contributed by atoms with Crippen molar-refractivity contribution in [3.05, 3.63) is 0 Å². The van der Waals surface area contributed by atoms with Gasteiger partial charge in [0.1, 0.15) is 0 Å². The molecule has 0 aliphatic heterocycles. The second-order valence-corrected chi connectivity index (χ2v) is 4.23. The summed E-state index contributed by atoms with van der Waals surface area (Å²) in [5.74, 6) is -3.65. The monoisotopic (exact) mass is 286 g/mol. The minimum Gasteiger partial charge on any atom is -0.449 e. The van der Waals surface area contributed by atoms with E-state index < -0.39 is 46.0 Å². The van der Waals surface area contributed by atoms with E-state index in [9.17, 15) is 27.6 Å². The third-order valence-corrected chi connectivity index (χ3v) is 2.44. The summed E-state index contributed by atoms with van der Waals surface area (Å²) in [6, 6.07) is 0. The summed E-state index contributed by atoms with van der Waals surface area (Å²) in [7, 11) is -5.17. The van der Waals surface area contributed by atoms with Gasteiger partial charge in [0, 0.05) is 0 Å². The van der Waals surface area contributed by atoms with Gasteiger partial charge in [0.15, 0.2) is 5.25 Å². The number of carboxylic acid groups (broad SMARTS) is 2. The zero-order valence-electron chi connectivity index (χ0n) is 8.30. The molecule has 102 valence electrons. The molecule has 0 bridgehead atoms. The van der Waals surface area contributed by atoms with Crippen molar-refractivity contribution in [1.29, 1.82) is 0 Å². The normalized spacial score (nSPS) is 12.3. The van der Waals surface area contributed by atoms with Crippen molar-refractivity contribution in [2.24, 2.45) is 0 Å². The fourth-order valence-corrected chi connectivity index (χ4v) is 1.39. The number of esters is 2. The number of hydrogen-bond donors (Lipinski definition) is 3. The molecule has 0 aromatic rings. The second kappa shape index (κ2) is 5.92. The summed E-state index contributed by atoms with van der Waals surface area (Å²) in [6.07, 6.45) is -5.65. The molecule has 1 unspecified atom stereocenters.